The van der Waals surface area contributed by atoms with Crippen LogP contribution < -0.4 is 10.6 Å². The van der Waals surface area contributed by atoms with Crippen LogP contribution in [0, 0.1) is 0 Å². The third-order valence-electron chi connectivity index (χ3n) is 3.25. The van der Waals surface area contributed by atoms with Gasteiger partial charge in [-0.1, -0.05) is 5.10 Å². The minimum absolute atomic E-state index is 0.0484. The molecular weight excluding hydrogens is 234 g/mol. The van der Waals surface area contributed by atoms with Crippen LogP contribution in [0.25, 0.3) is 0 Å². The molecule has 0 aromatic carbocycles. The Bertz CT molecular complexity index is 442. The van der Waals surface area contributed by atoms with Crippen molar-refractivity contribution in [2.24, 2.45) is 5.73 Å². The van der Waals surface area contributed by atoms with Gasteiger partial charge in [-0.2, -0.15) is 0 Å². The summed E-state index contributed by atoms with van der Waals surface area (Å²) in [6, 6.07) is 0.393. The predicted molar refractivity (Wildman–Crippen MR) is 66.1 cm³/mol. The minimum atomic E-state index is -0.667. The van der Waals surface area contributed by atoms with Crippen molar-refractivity contribution in [3.63, 3.8) is 0 Å². The molecule has 1 saturated heterocycles. The molecule has 0 atom stereocenters. The third-order valence-corrected chi connectivity index (χ3v) is 3.25. The molecule has 1 fully saturated rings. The number of hydrogen-bond donors (Lipinski definition) is 1. The van der Waals surface area contributed by atoms with Crippen LogP contribution in [-0.2, 0) is 11.2 Å². The molecule has 18 heavy (non-hydrogen) atoms. The zero-order chi connectivity index (χ0) is 13.3. The summed E-state index contributed by atoms with van der Waals surface area (Å²) in [7, 11) is 1.80. The minimum Gasteiger partial charge on any atom is -0.408 e. The number of amides is 1. The topological polar surface area (TPSA) is 88.5 Å². The summed E-state index contributed by atoms with van der Waals surface area (Å²) in [6.07, 6.45) is 0.551. The van der Waals surface area contributed by atoms with E-state index in [2.05, 4.69) is 10.2 Å². The van der Waals surface area contributed by atoms with E-state index in [9.17, 15) is 4.79 Å². The van der Waals surface area contributed by atoms with Gasteiger partial charge >= 0.3 is 6.01 Å². The molecule has 2 heterocycles. The molecule has 0 saturated carbocycles. The highest BCUT2D eigenvalue weighted by atomic mass is 16.4. The van der Waals surface area contributed by atoms with Crippen molar-refractivity contribution >= 4 is 11.9 Å². The number of nitrogens with two attached hydrogens (primary N) is 1. The lowest BCUT2D eigenvalue weighted by Gasteiger charge is -2.43. The second-order valence-electron chi connectivity index (χ2n) is 4.95. The van der Waals surface area contributed by atoms with Crippen molar-refractivity contribution in [3.8, 4) is 0 Å². The van der Waals surface area contributed by atoms with Crippen LogP contribution in [0.3, 0.4) is 0 Å². The molecule has 0 radical (unpaired) electrons. The van der Waals surface area contributed by atoms with Crippen molar-refractivity contribution in [2.45, 2.75) is 25.8 Å². The van der Waals surface area contributed by atoms with Gasteiger partial charge in [0.25, 0.3) is 0 Å². The zero-order valence-corrected chi connectivity index (χ0v) is 11.0. The average Bonchev–Trinajstić information content (AvgIpc) is 2.75. The van der Waals surface area contributed by atoms with Gasteiger partial charge in [-0.05, 0) is 13.8 Å². The number of nitrogens with zero attached hydrogens (tertiary/aromatic N) is 4. The molecular formula is C11H19N5O2. The van der Waals surface area contributed by atoms with Gasteiger partial charge in [0, 0.05) is 33.1 Å². The number of likely N-dealkylation sites (N-methyl/N-ethyl adjacent to an activating group) is 1. The maximum absolute atomic E-state index is 12.1. The SMILES string of the molecule is CN1CCN(c2nnc(CCN)o2)C(C)(C)C1=O. The number of carbonyl (C=O) groups excluding carboxylic acids is 1. The molecule has 2 rings (SSSR count). The Balaban J connectivity index is 2.23. The second kappa shape index (κ2) is 4.56. The van der Waals surface area contributed by atoms with Gasteiger partial charge in [-0.15, -0.1) is 5.10 Å². The monoisotopic (exact) mass is 253 g/mol. The van der Waals surface area contributed by atoms with E-state index < -0.39 is 5.54 Å². The van der Waals surface area contributed by atoms with Crippen LogP contribution in [0.15, 0.2) is 4.42 Å². The molecule has 1 aromatic heterocycles. The molecule has 1 aliphatic heterocycles. The fourth-order valence-electron chi connectivity index (χ4n) is 2.13. The van der Waals surface area contributed by atoms with E-state index in [0.29, 0.717) is 38.0 Å². The van der Waals surface area contributed by atoms with E-state index >= 15 is 0 Å². The molecule has 0 unspecified atom stereocenters. The van der Waals surface area contributed by atoms with Gasteiger partial charge in [0.2, 0.25) is 11.8 Å². The number of anilines is 1. The van der Waals surface area contributed by atoms with E-state index in [-0.39, 0.29) is 5.91 Å². The Hall–Kier alpha value is -1.63. The molecule has 0 bridgehead atoms. The van der Waals surface area contributed by atoms with E-state index in [4.69, 9.17) is 10.2 Å². The second-order valence-corrected chi connectivity index (χ2v) is 4.95. The molecule has 100 valence electrons. The molecule has 0 spiro atoms. The summed E-state index contributed by atoms with van der Waals surface area (Å²) in [6.45, 7) is 5.51. The van der Waals surface area contributed by atoms with E-state index in [0.717, 1.165) is 0 Å². The number of piperazine rings is 1. The van der Waals surface area contributed by atoms with Crippen molar-refractivity contribution in [1.29, 1.82) is 0 Å². The van der Waals surface area contributed by atoms with Gasteiger partial charge in [0.1, 0.15) is 5.54 Å². The van der Waals surface area contributed by atoms with Crippen LogP contribution in [0.5, 0.6) is 0 Å². The molecule has 1 aromatic rings. The summed E-state index contributed by atoms with van der Waals surface area (Å²) in [5, 5.41) is 7.92. The first-order valence-corrected chi connectivity index (χ1v) is 6.02. The van der Waals surface area contributed by atoms with Crippen molar-refractivity contribution in [3.05, 3.63) is 5.89 Å². The molecule has 2 N–H and O–H groups in total. The van der Waals surface area contributed by atoms with Gasteiger partial charge < -0.3 is 20.0 Å². The number of rotatable bonds is 3. The van der Waals surface area contributed by atoms with Crippen molar-refractivity contribution in [1.82, 2.24) is 15.1 Å². The fourth-order valence-corrected chi connectivity index (χ4v) is 2.13. The lowest BCUT2D eigenvalue weighted by atomic mass is 9.98. The van der Waals surface area contributed by atoms with Crippen LogP contribution in [0.2, 0.25) is 0 Å². The standard InChI is InChI=1S/C11H19N5O2/c1-11(2)9(17)15(3)6-7-16(11)10-14-13-8(18-10)4-5-12/h4-7,12H2,1-3H3. The Morgan fingerprint density at radius 1 is 1.39 bits per heavy atom. The molecule has 1 amide bonds. The van der Waals surface area contributed by atoms with Crippen LogP contribution in [-0.4, -0.2) is 53.2 Å². The number of hydrogen-bond acceptors (Lipinski definition) is 6. The summed E-state index contributed by atoms with van der Waals surface area (Å²) >= 11 is 0. The van der Waals surface area contributed by atoms with Gasteiger partial charge in [-0.3, -0.25) is 4.79 Å². The maximum Gasteiger partial charge on any atom is 0.319 e. The van der Waals surface area contributed by atoms with Gasteiger partial charge in [0.05, 0.1) is 0 Å². The van der Waals surface area contributed by atoms with Gasteiger partial charge in [-0.25, -0.2) is 0 Å². The van der Waals surface area contributed by atoms with Crippen LogP contribution in [0.4, 0.5) is 6.01 Å². The molecule has 7 nitrogen and oxygen atoms in total. The quantitative estimate of drug-likeness (QED) is 0.790. The summed E-state index contributed by atoms with van der Waals surface area (Å²) < 4.78 is 5.54. The Kier molecular flexibility index (Phi) is 3.25. The summed E-state index contributed by atoms with van der Waals surface area (Å²) in [5.41, 5.74) is 4.77. The molecule has 1 aliphatic rings. The predicted octanol–water partition coefficient (Wildman–Crippen LogP) is -0.372. The first-order chi connectivity index (χ1) is 8.46. The molecule has 0 aliphatic carbocycles. The molecule has 7 heteroatoms. The smallest absolute Gasteiger partial charge is 0.319 e. The highest BCUT2D eigenvalue weighted by Gasteiger charge is 2.42. The van der Waals surface area contributed by atoms with Crippen molar-refractivity contribution < 1.29 is 9.21 Å². The summed E-state index contributed by atoms with van der Waals surface area (Å²) in [5.74, 6) is 0.557. The average molecular weight is 253 g/mol. The first-order valence-electron chi connectivity index (χ1n) is 6.02. The Labute approximate surface area is 106 Å². The highest BCUT2D eigenvalue weighted by Crippen LogP contribution is 2.27. The lowest BCUT2D eigenvalue weighted by molar-refractivity contribution is -0.136. The number of aromatic nitrogens is 2. The number of carbonyl (C=O) groups is 1. The Morgan fingerprint density at radius 3 is 2.78 bits per heavy atom. The lowest BCUT2D eigenvalue weighted by Crippen LogP contribution is -2.62. The Morgan fingerprint density at radius 2 is 2.11 bits per heavy atom. The van der Waals surface area contributed by atoms with E-state index in [1.165, 1.54) is 0 Å². The maximum atomic E-state index is 12.1. The van der Waals surface area contributed by atoms with Crippen LogP contribution in [0.1, 0.15) is 19.7 Å². The largest absolute Gasteiger partial charge is 0.408 e. The van der Waals surface area contributed by atoms with E-state index in [1.54, 1.807) is 11.9 Å². The van der Waals surface area contributed by atoms with Crippen LogP contribution >= 0.6 is 0 Å². The fraction of sp³-hybridized carbons (Fsp3) is 0.727. The van der Waals surface area contributed by atoms with Crippen molar-refractivity contribution in [2.75, 3.05) is 31.6 Å². The normalized spacial score (nSPS) is 19.4. The summed E-state index contributed by atoms with van der Waals surface area (Å²) in [4.78, 5) is 15.7. The van der Waals surface area contributed by atoms with E-state index in [1.807, 2.05) is 18.7 Å². The van der Waals surface area contributed by atoms with Gasteiger partial charge in [0.15, 0.2) is 0 Å². The highest BCUT2D eigenvalue weighted by molar-refractivity contribution is 5.89. The third kappa shape index (κ3) is 2.05. The zero-order valence-electron chi connectivity index (χ0n) is 11.0. The first kappa shape index (κ1) is 12.8.